The Labute approximate surface area is 188 Å². The van der Waals surface area contributed by atoms with Crippen molar-refractivity contribution in [3.05, 3.63) is 69.9 Å². The maximum atomic E-state index is 12.7. The van der Waals surface area contributed by atoms with Crippen molar-refractivity contribution in [1.29, 1.82) is 0 Å². The molecule has 5 rings (SSSR count). The topological polar surface area (TPSA) is 71.6 Å². The van der Waals surface area contributed by atoms with Crippen molar-refractivity contribution in [2.75, 3.05) is 19.6 Å². The van der Waals surface area contributed by atoms with Crippen LogP contribution in [0.15, 0.2) is 47.5 Å². The average molecular weight is 434 g/mol. The van der Waals surface area contributed by atoms with E-state index in [0.29, 0.717) is 18.7 Å². The van der Waals surface area contributed by atoms with Gasteiger partial charge in [0.1, 0.15) is 0 Å². The normalized spacial score (nSPS) is 19.1. The van der Waals surface area contributed by atoms with Gasteiger partial charge in [-0.25, -0.2) is 4.68 Å². The van der Waals surface area contributed by atoms with Crippen LogP contribution in [0.5, 0.6) is 0 Å². The first kappa shape index (κ1) is 20.9. The van der Waals surface area contributed by atoms with E-state index in [1.807, 2.05) is 41.1 Å². The van der Waals surface area contributed by atoms with Gasteiger partial charge in [-0.05, 0) is 68.8 Å². The third-order valence-corrected chi connectivity index (χ3v) is 6.89. The lowest BCUT2D eigenvalue weighted by atomic mass is 9.97. The van der Waals surface area contributed by atoms with Crippen LogP contribution >= 0.6 is 0 Å². The number of carbonyl (C=O) groups excluding carboxylic acids is 1. The van der Waals surface area contributed by atoms with Crippen molar-refractivity contribution < 1.29 is 4.79 Å². The van der Waals surface area contributed by atoms with Crippen LogP contribution in [0, 0.1) is 0 Å². The fraction of sp³-hybridized carbons (Fsp3) is 0.480. The van der Waals surface area contributed by atoms with Crippen molar-refractivity contribution in [2.24, 2.45) is 0 Å². The molecule has 1 saturated heterocycles. The number of aromatic nitrogens is 3. The minimum absolute atomic E-state index is 0.00767. The highest BCUT2D eigenvalue weighted by Gasteiger charge is 2.23. The molecule has 7 heteroatoms. The summed E-state index contributed by atoms with van der Waals surface area (Å²) in [6.45, 7) is 3.00. The number of nitrogens with zero attached hydrogens (tertiary/aromatic N) is 4. The van der Waals surface area contributed by atoms with E-state index in [1.165, 1.54) is 6.42 Å². The molecule has 1 aliphatic carbocycles. The second kappa shape index (κ2) is 9.28. The Kier molecular flexibility index (Phi) is 6.08. The Balaban J connectivity index is 1.20. The van der Waals surface area contributed by atoms with E-state index >= 15 is 0 Å². The predicted molar refractivity (Wildman–Crippen MR) is 124 cm³/mol. The first-order valence-electron chi connectivity index (χ1n) is 11.9. The van der Waals surface area contributed by atoms with Gasteiger partial charge in [0.15, 0.2) is 0 Å². The summed E-state index contributed by atoms with van der Waals surface area (Å²) in [5, 5.41) is 7.79. The molecule has 3 aromatic heterocycles. The summed E-state index contributed by atoms with van der Waals surface area (Å²) in [5.41, 5.74) is 3.93. The van der Waals surface area contributed by atoms with Gasteiger partial charge in [-0.15, -0.1) is 0 Å². The van der Waals surface area contributed by atoms with Gasteiger partial charge in [-0.1, -0.05) is 12.5 Å². The number of hydrogen-bond acceptors (Lipinski definition) is 4. The van der Waals surface area contributed by atoms with Crippen molar-refractivity contribution >= 4 is 11.4 Å². The predicted octanol–water partition coefficient (Wildman–Crippen LogP) is 2.66. The largest absolute Gasteiger partial charge is 0.350 e. The Bertz CT molecular complexity index is 1130. The van der Waals surface area contributed by atoms with Gasteiger partial charge < -0.3 is 9.72 Å². The maximum Gasteiger partial charge on any atom is 0.267 e. The number of aryl methyl sites for hydroxylation is 2. The van der Waals surface area contributed by atoms with Crippen molar-refractivity contribution in [2.45, 2.75) is 57.5 Å². The number of piperidine rings is 1. The molecule has 1 amide bonds. The molecule has 1 fully saturated rings. The molecule has 32 heavy (non-hydrogen) atoms. The molecule has 168 valence electrons. The summed E-state index contributed by atoms with van der Waals surface area (Å²) >= 11 is 0. The molecule has 1 aliphatic heterocycles. The lowest BCUT2D eigenvalue weighted by Crippen LogP contribution is -2.48. The smallest absolute Gasteiger partial charge is 0.267 e. The number of likely N-dealkylation sites (tertiary alicyclic amines) is 1. The highest BCUT2D eigenvalue weighted by atomic mass is 16.1. The van der Waals surface area contributed by atoms with Crippen LogP contribution in [-0.2, 0) is 19.4 Å². The number of amides is 1. The monoisotopic (exact) mass is 433 g/mol. The van der Waals surface area contributed by atoms with Gasteiger partial charge in [0.05, 0.1) is 17.8 Å². The van der Waals surface area contributed by atoms with Crippen molar-refractivity contribution in [3.8, 4) is 0 Å². The minimum Gasteiger partial charge on any atom is -0.350 e. The number of hydrogen-bond donors (Lipinski definition) is 1. The van der Waals surface area contributed by atoms with Crippen LogP contribution in [0.1, 0.15) is 53.7 Å². The molecule has 0 bridgehead atoms. The van der Waals surface area contributed by atoms with E-state index < -0.39 is 0 Å². The molecule has 7 nitrogen and oxygen atoms in total. The second-order valence-electron chi connectivity index (χ2n) is 9.04. The quantitative estimate of drug-likeness (QED) is 0.649. The summed E-state index contributed by atoms with van der Waals surface area (Å²) in [4.78, 5) is 27.7. The number of rotatable bonds is 6. The van der Waals surface area contributed by atoms with Crippen LogP contribution in [0.2, 0.25) is 0 Å². The van der Waals surface area contributed by atoms with Crippen LogP contribution in [0.4, 0.5) is 0 Å². The molecule has 0 saturated carbocycles. The van der Waals surface area contributed by atoms with Gasteiger partial charge in [-0.3, -0.25) is 14.5 Å². The van der Waals surface area contributed by atoms with Gasteiger partial charge >= 0.3 is 0 Å². The lowest BCUT2D eigenvalue weighted by molar-refractivity contribution is 0.0909. The molecule has 0 spiro atoms. The molecule has 3 aromatic rings. The van der Waals surface area contributed by atoms with Crippen molar-refractivity contribution in [3.63, 3.8) is 0 Å². The summed E-state index contributed by atoms with van der Waals surface area (Å²) in [6.07, 6.45) is 11.5. The number of pyridine rings is 1. The third kappa shape index (κ3) is 4.48. The minimum atomic E-state index is -0.0354. The van der Waals surface area contributed by atoms with Crippen LogP contribution in [-0.4, -0.2) is 50.7 Å². The molecule has 4 heterocycles. The van der Waals surface area contributed by atoms with E-state index in [1.54, 1.807) is 10.7 Å². The standard InChI is InChI=1S/C25H31N5O2/c31-24-16-19-7-1-2-10-23(19)27-30(24)14-13-28-11-5-4-9-22(28)17-26-25(32)20-15-21-8-3-6-12-29(21)18-20/h3,6,8,12,15-16,18,22H,1-2,4-5,7,9-11,13-14,17H2,(H,26,32). The molecule has 1 N–H and O–H groups in total. The van der Waals surface area contributed by atoms with Crippen LogP contribution < -0.4 is 10.9 Å². The van der Waals surface area contributed by atoms with E-state index in [-0.39, 0.29) is 17.5 Å². The number of fused-ring (bicyclic) bond motifs is 2. The Morgan fingerprint density at radius 1 is 1.09 bits per heavy atom. The highest BCUT2D eigenvalue weighted by Crippen LogP contribution is 2.18. The van der Waals surface area contributed by atoms with E-state index in [4.69, 9.17) is 0 Å². The van der Waals surface area contributed by atoms with E-state index in [2.05, 4.69) is 15.3 Å². The molecule has 0 radical (unpaired) electrons. The zero-order chi connectivity index (χ0) is 21.9. The molecule has 0 aromatic carbocycles. The van der Waals surface area contributed by atoms with E-state index in [0.717, 1.165) is 68.4 Å². The first-order valence-corrected chi connectivity index (χ1v) is 11.9. The zero-order valence-corrected chi connectivity index (χ0v) is 18.5. The SMILES string of the molecule is O=C(NCC1CCCCN1CCn1nc2c(cc1=O)CCCC2)c1cc2ccccn2c1. The van der Waals surface area contributed by atoms with E-state index in [9.17, 15) is 9.59 Å². The summed E-state index contributed by atoms with van der Waals surface area (Å²) in [7, 11) is 0. The fourth-order valence-corrected chi connectivity index (χ4v) is 5.06. The lowest BCUT2D eigenvalue weighted by Gasteiger charge is -2.35. The fourth-order valence-electron chi connectivity index (χ4n) is 5.06. The molecule has 2 aliphatic rings. The Hall–Kier alpha value is -2.93. The van der Waals surface area contributed by atoms with Gasteiger partial charge in [0.2, 0.25) is 0 Å². The van der Waals surface area contributed by atoms with Gasteiger partial charge in [0.25, 0.3) is 11.5 Å². The number of carbonyl (C=O) groups is 1. The number of nitrogens with one attached hydrogen (secondary N) is 1. The van der Waals surface area contributed by atoms with Crippen LogP contribution in [0.25, 0.3) is 5.52 Å². The Morgan fingerprint density at radius 2 is 2.00 bits per heavy atom. The average Bonchev–Trinajstić information content (AvgIpc) is 3.26. The van der Waals surface area contributed by atoms with Gasteiger partial charge in [0, 0.05) is 43.1 Å². The molecular formula is C25H31N5O2. The van der Waals surface area contributed by atoms with Gasteiger partial charge in [-0.2, -0.15) is 5.10 Å². The molecular weight excluding hydrogens is 402 g/mol. The zero-order valence-electron chi connectivity index (χ0n) is 18.5. The highest BCUT2D eigenvalue weighted by molar-refractivity contribution is 5.95. The third-order valence-electron chi connectivity index (χ3n) is 6.89. The van der Waals surface area contributed by atoms with Crippen LogP contribution in [0.3, 0.4) is 0 Å². The van der Waals surface area contributed by atoms with Crippen molar-refractivity contribution in [1.82, 2.24) is 24.4 Å². The maximum absolute atomic E-state index is 12.7. The molecule has 1 unspecified atom stereocenters. The summed E-state index contributed by atoms with van der Waals surface area (Å²) < 4.78 is 3.60. The molecule has 1 atom stereocenters. The first-order chi connectivity index (χ1) is 15.7. The second-order valence-corrected chi connectivity index (χ2v) is 9.04. The Morgan fingerprint density at radius 3 is 2.91 bits per heavy atom. The summed E-state index contributed by atoms with van der Waals surface area (Å²) in [6, 6.07) is 9.92. The summed E-state index contributed by atoms with van der Waals surface area (Å²) in [5.74, 6) is -0.0354.